The molecule has 1 saturated carbocycles. The van der Waals surface area contributed by atoms with Crippen molar-refractivity contribution in [3.05, 3.63) is 23.4 Å². The van der Waals surface area contributed by atoms with E-state index in [1.165, 1.54) is 23.7 Å². The van der Waals surface area contributed by atoms with Crippen LogP contribution in [0.1, 0.15) is 70.6 Å². The number of aromatic nitrogens is 6. The third-order valence-electron chi connectivity index (χ3n) is 5.93. The Bertz CT molecular complexity index is 1170. The highest BCUT2D eigenvalue weighted by Gasteiger charge is 2.48. The first-order valence-corrected chi connectivity index (χ1v) is 11.6. The molecule has 4 N–H and O–H groups in total. The van der Waals surface area contributed by atoms with Gasteiger partial charge in [0.25, 0.3) is 6.47 Å². The Hall–Kier alpha value is -2.87. The molecule has 14 heteroatoms. The van der Waals surface area contributed by atoms with Crippen molar-refractivity contribution in [3.8, 4) is 0 Å². The third kappa shape index (κ3) is 5.08. The highest BCUT2D eigenvalue weighted by molar-refractivity contribution is 6.28. The summed E-state index contributed by atoms with van der Waals surface area (Å²) in [6.45, 7) is 5.56. The zero-order valence-electron chi connectivity index (χ0n) is 19.5. The summed E-state index contributed by atoms with van der Waals surface area (Å²) >= 11 is 6.19. The first-order chi connectivity index (χ1) is 16.6. The molecule has 3 aromatic heterocycles. The summed E-state index contributed by atoms with van der Waals surface area (Å²) in [4.78, 5) is 21.4. The van der Waals surface area contributed by atoms with E-state index in [9.17, 15) is 10.2 Å². The molecular weight excluding hydrogens is 482 g/mol. The average molecular weight is 510 g/mol. The number of carboxylic acid groups (broad SMARTS) is 1. The van der Waals surface area contributed by atoms with Gasteiger partial charge in [-0.15, -0.1) is 10.2 Å². The quantitative estimate of drug-likeness (QED) is 0.297. The summed E-state index contributed by atoms with van der Waals surface area (Å²) < 4.78 is 13.2. The number of hydrogen-bond donors (Lipinski definition) is 4. The molecule has 2 fully saturated rings. The topological polar surface area (TPSA) is 182 Å². The molecule has 0 bridgehead atoms. The minimum absolute atomic E-state index is 0.0519. The molecule has 4 heterocycles. The lowest BCUT2D eigenvalue weighted by atomic mass is 9.97. The van der Waals surface area contributed by atoms with E-state index >= 15 is 0 Å². The zero-order valence-corrected chi connectivity index (χ0v) is 20.3. The van der Waals surface area contributed by atoms with Gasteiger partial charge in [0, 0.05) is 11.5 Å². The highest BCUT2D eigenvalue weighted by Crippen LogP contribution is 2.40. The number of imidazole rings is 1. The van der Waals surface area contributed by atoms with Gasteiger partial charge >= 0.3 is 0 Å². The minimum Gasteiger partial charge on any atom is -0.483 e. The van der Waals surface area contributed by atoms with E-state index < -0.39 is 24.5 Å². The molecular formula is C21H28ClN7O6. The lowest BCUT2D eigenvalue weighted by Gasteiger charge is -2.17. The van der Waals surface area contributed by atoms with Gasteiger partial charge in [-0.1, -0.05) is 33.6 Å². The van der Waals surface area contributed by atoms with Crippen LogP contribution in [0.5, 0.6) is 0 Å². The molecule has 1 saturated heterocycles. The molecule has 3 aromatic rings. The molecule has 0 radical (unpaired) electrons. The van der Waals surface area contributed by atoms with Crippen LogP contribution < -0.4 is 5.32 Å². The summed E-state index contributed by atoms with van der Waals surface area (Å²) in [6, 6.07) is 0.309. The first-order valence-electron chi connectivity index (χ1n) is 11.2. The van der Waals surface area contributed by atoms with Gasteiger partial charge in [-0.25, -0.2) is 4.98 Å². The highest BCUT2D eigenvalue weighted by atomic mass is 35.5. The summed E-state index contributed by atoms with van der Waals surface area (Å²) in [7, 11) is 0. The SMILES string of the molecule is CC(C)(C)c1nnc([C@H]2O[C@@H](n3cnc4c(NC5CCCC5)nc(Cl)nc43)[C@H](O)[C@@H]2O)o1.O=CO. The van der Waals surface area contributed by atoms with Crippen LogP contribution in [-0.4, -0.2) is 69.8 Å². The summed E-state index contributed by atoms with van der Waals surface area (Å²) in [5.74, 6) is 1.06. The van der Waals surface area contributed by atoms with Crippen molar-refractivity contribution in [2.45, 2.75) is 82.5 Å². The third-order valence-corrected chi connectivity index (χ3v) is 6.10. The molecule has 1 aliphatic carbocycles. The molecule has 0 unspecified atom stereocenters. The fraction of sp³-hybridized carbons (Fsp3) is 0.619. The Morgan fingerprint density at radius 3 is 2.49 bits per heavy atom. The zero-order chi connectivity index (χ0) is 25.3. The smallest absolute Gasteiger partial charge is 0.290 e. The van der Waals surface area contributed by atoms with E-state index in [1.807, 2.05) is 20.8 Å². The maximum atomic E-state index is 10.8. The number of anilines is 1. The number of nitrogens with one attached hydrogen (secondary N) is 1. The molecule has 1 aliphatic heterocycles. The van der Waals surface area contributed by atoms with Crippen molar-refractivity contribution < 1.29 is 29.3 Å². The molecule has 13 nitrogen and oxygen atoms in total. The number of aliphatic hydroxyl groups is 2. The number of fused-ring (bicyclic) bond motifs is 1. The molecule has 2 aliphatic rings. The van der Waals surface area contributed by atoms with Gasteiger partial charge in [0.2, 0.25) is 17.1 Å². The van der Waals surface area contributed by atoms with Gasteiger partial charge in [0.15, 0.2) is 29.3 Å². The van der Waals surface area contributed by atoms with Gasteiger partial charge in [-0.05, 0) is 24.4 Å². The molecule has 190 valence electrons. The maximum Gasteiger partial charge on any atom is 0.290 e. The number of carbonyl (C=O) groups is 1. The fourth-order valence-corrected chi connectivity index (χ4v) is 4.35. The Labute approximate surface area is 205 Å². The van der Waals surface area contributed by atoms with Crippen molar-refractivity contribution in [1.29, 1.82) is 0 Å². The summed E-state index contributed by atoms with van der Waals surface area (Å²) in [6.07, 6.45) is 1.42. The van der Waals surface area contributed by atoms with Crippen LogP contribution in [0.3, 0.4) is 0 Å². The molecule has 35 heavy (non-hydrogen) atoms. The van der Waals surface area contributed by atoms with Crippen LogP contribution in [0.25, 0.3) is 11.2 Å². The van der Waals surface area contributed by atoms with Gasteiger partial charge in [0.1, 0.15) is 12.2 Å². The maximum absolute atomic E-state index is 10.8. The average Bonchev–Trinajstić information content (AvgIpc) is 3.57. The molecule has 5 rings (SSSR count). The van der Waals surface area contributed by atoms with Crippen molar-refractivity contribution in [1.82, 2.24) is 29.7 Å². The molecule has 0 spiro atoms. The van der Waals surface area contributed by atoms with Crippen molar-refractivity contribution in [3.63, 3.8) is 0 Å². The first kappa shape index (κ1) is 25.2. The number of nitrogens with zero attached hydrogens (tertiary/aromatic N) is 6. The van der Waals surface area contributed by atoms with Crippen LogP contribution in [0.2, 0.25) is 5.28 Å². The Balaban J connectivity index is 0.000000917. The molecule has 4 atom stereocenters. The second-order valence-electron chi connectivity index (χ2n) is 9.52. The van der Waals surface area contributed by atoms with Gasteiger partial charge in [0.05, 0.1) is 6.33 Å². The normalized spacial score (nSPS) is 25.0. The summed E-state index contributed by atoms with van der Waals surface area (Å²) in [5, 5.41) is 39.8. The van der Waals surface area contributed by atoms with E-state index in [2.05, 4.69) is 30.5 Å². The van der Waals surface area contributed by atoms with Crippen molar-refractivity contribution in [2.75, 3.05) is 5.32 Å². The van der Waals surface area contributed by atoms with Crippen LogP contribution in [0.15, 0.2) is 10.7 Å². The largest absolute Gasteiger partial charge is 0.483 e. The lowest BCUT2D eigenvalue weighted by Crippen LogP contribution is -2.29. The number of aliphatic hydroxyl groups excluding tert-OH is 2. The second kappa shape index (κ2) is 10.0. The van der Waals surface area contributed by atoms with E-state index in [0.717, 1.165) is 12.8 Å². The monoisotopic (exact) mass is 509 g/mol. The Morgan fingerprint density at radius 2 is 1.86 bits per heavy atom. The summed E-state index contributed by atoms with van der Waals surface area (Å²) in [5.41, 5.74) is 0.551. The van der Waals surface area contributed by atoms with E-state index in [1.54, 1.807) is 0 Å². The number of ether oxygens (including phenoxy) is 1. The van der Waals surface area contributed by atoms with E-state index in [4.69, 9.17) is 30.7 Å². The van der Waals surface area contributed by atoms with Crippen LogP contribution in [0.4, 0.5) is 5.82 Å². The predicted molar refractivity (Wildman–Crippen MR) is 123 cm³/mol. The minimum atomic E-state index is -1.28. The van der Waals surface area contributed by atoms with Gasteiger partial charge in [-0.2, -0.15) is 9.97 Å². The number of rotatable bonds is 4. The van der Waals surface area contributed by atoms with Crippen molar-refractivity contribution in [2.24, 2.45) is 0 Å². The Kier molecular flexibility index (Phi) is 7.22. The van der Waals surface area contributed by atoms with E-state index in [-0.39, 0.29) is 23.1 Å². The van der Waals surface area contributed by atoms with Crippen LogP contribution >= 0.6 is 11.6 Å². The molecule has 0 amide bonds. The van der Waals surface area contributed by atoms with Crippen LogP contribution in [-0.2, 0) is 14.9 Å². The molecule has 0 aromatic carbocycles. The Morgan fingerprint density at radius 1 is 1.17 bits per heavy atom. The fourth-order valence-electron chi connectivity index (χ4n) is 4.19. The van der Waals surface area contributed by atoms with Gasteiger partial charge in [-0.3, -0.25) is 9.36 Å². The number of halogens is 1. The van der Waals surface area contributed by atoms with Gasteiger partial charge < -0.3 is 29.8 Å². The predicted octanol–water partition coefficient (Wildman–Crippen LogP) is 2.21. The van der Waals surface area contributed by atoms with Crippen LogP contribution in [0, 0.1) is 0 Å². The lowest BCUT2D eigenvalue weighted by molar-refractivity contribution is -0.122. The van der Waals surface area contributed by atoms with Crippen molar-refractivity contribution >= 4 is 35.1 Å². The van der Waals surface area contributed by atoms with E-state index in [0.29, 0.717) is 28.9 Å². The standard InChI is InChI=1S/C20H26ClN7O4.CH2O2/c1-20(2,3)18-27-26-16(32-18)13-11(29)12(30)17(31-13)28-8-22-10-14(23-9-6-4-5-7-9)24-19(21)25-15(10)28;2-1-3/h8-9,11-13,17,29-30H,4-7H2,1-3H3,(H,23,24,25);1H,(H,2,3)/t11-,12+,13-,17+;/m0./s1. The second-order valence-corrected chi connectivity index (χ2v) is 9.86. The number of hydrogen-bond acceptors (Lipinski definition) is 11.